The highest BCUT2D eigenvalue weighted by Crippen LogP contribution is 2.28. The number of piperidine rings is 1. The number of nitrogens with one attached hydrogen (secondary N) is 1. The molecule has 3 rings (SSSR count). The minimum Gasteiger partial charge on any atom is -0.425 e. The summed E-state index contributed by atoms with van der Waals surface area (Å²) < 4.78 is 5.77. The molecule has 0 spiro atoms. The number of likely N-dealkylation sites (tertiary alicyclic amines) is 1. The van der Waals surface area contributed by atoms with Crippen molar-refractivity contribution >= 4 is 17.5 Å². The van der Waals surface area contributed by atoms with Crippen molar-refractivity contribution in [2.75, 3.05) is 19.6 Å². The normalized spacial score (nSPS) is 16.2. The number of carbonyl (C=O) groups is 1. The van der Waals surface area contributed by atoms with Crippen LogP contribution in [0.3, 0.4) is 0 Å². The Hall–Kier alpha value is -1.92. The molecule has 0 radical (unpaired) electrons. The van der Waals surface area contributed by atoms with Crippen LogP contribution in [0.4, 0.5) is 0 Å². The predicted molar refractivity (Wildman–Crippen MR) is 100 cm³/mol. The molecule has 2 aromatic rings. The van der Waals surface area contributed by atoms with Crippen LogP contribution in [0.1, 0.15) is 55.9 Å². The molecule has 0 unspecified atom stereocenters. The Bertz CT molecular complexity index is 739. The first kappa shape index (κ1) is 18.9. The van der Waals surface area contributed by atoms with Crippen molar-refractivity contribution in [3.63, 3.8) is 0 Å². The van der Waals surface area contributed by atoms with E-state index < -0.39 is 0 Å². The molecular formula is C19H25ClN4O2. The lowest BCUT2D eigenvalue weighted by Crippen LogP contribution is -2.41. The highest BCUT2D eigenvalue weighted by Gasteiger charge is 2.26. The summed E-state index contributed by atoms with van der Waals surface area (Å²) in [6.45, 7) is 6.64. The lowest BCUT2D eigenvalue weighted by molar-refractivity contribution is -0.122. The lowest BCUT2D eigenvalue weighted by atomic mass is 9.97. The summed E-state index contributed by atoms with van der Waals surface area (Å²) in [4.78, 5) is 14.4. The third-order valence-corrected chi connectivity index (χ3v) is 5.06. The monoisotopic (exact) mass is 376 g/mol. The average Bonchev–Trinajstić information content (AvgIpc) is 3.12. The SMILES string of the molecule is CC(C)c1nnc(C2CCN(CC(=O)NCc3ccccc3Cl)CC2)o1. The van der Waals surface area contributed by atoms with E-state index in [2.05, 4.69) is 20.4 Å². The van der Waals surface area contributed by atoms with E-state index in [1.165, 1.54) is 0 Å². The molecular weight excluding hydrogens is 352 g/mol. The van der Waals surface area contributed by atoms with E-state index >= 15 is 0 Å². The highest BCUT2D eigenvalue weighted by molar-refractivity contribution is 6.31. The summed E-state index contributed by atoms with van der Waals surface area (Å²) in [6.07, 6.45) is 1.86. The summed E-state index contributed by atoms with van der Waals surface area (Å²) in [5.74, 6) is 1.98. The molecule has 1 aromatic carbocycles. The molecule has 26 heavy (non-hydrogen) atoms. The molecule has 1 fully saturated rings. The van der Waals surface area contributed by atoms with Gasteiger partial charge in [-0.2, -0.15) is 0 Å². The molecule has 1 aliphatic heterocycles. The first-order valence-electron chi connectivity index (χ1n) is 9.08. The summed E-state index contributed by atoms with van der Waals surface area (Å²) in [6, 6.07) is 7.55. The van der Waals surface area contributed by atoms with Gasteiger partial charge in [-0.15, -0.1) is 10.2 Å². The fourth-order valence-electron chi connectivity index (χ4n) is 3.08. The Labute approximate surface area is 158 Å². The number of nitrogens with zero attached hydrogens (tertiary/aromatic N) is 3. The van der Waals surface area contributed by atoms with Gasteiger partial charge in [0.2, 0.25) is 17.7 Å². The third kappa shape index (κ3) is 4.83. The van der Waals surface area contributed by atoms with E-state index in [0.717, 1.165) is 37.4 Å². The summed E-state index contributed by atoms with van der Waals surface area (Å²) in [5.41, 5.74) is 0.929. The maximum atomic E-state index is 12.2. The van der Waals surface area contributed by atoms with Gasteiger partial charge in [0.05, 0.1) is 6.54 Å². The lowest BCUT2D eigenvalue weighted by Gasteiger charge is -2.29. The number of benzene rings is 1. The van der Waals surface area contributed by atoms with Crippen molar-refractivity contribution < 1.29 is 9.21 Å². The Morgan fingerprint density at radius 1 is 1.31 bits per heavy atom. The van der Waals surface area contributed by atoms with Crippen LogP contribution in [0.2, 0.25) is 5.02 Å². The Kier molecular flexibility index (Phi) is 6.27. The van der Waals surface area contributed by atoms with Crippen LogP contribution >= 0.6 is 11.6 Å². The van der Waals surface area contributed by atoms with E-state index in [0.29, 0.717) is 24.0 Å². The van der Waals surface area contributed by atoms with Crippen molar-refractivity contribution in [3.8, 4) is 0 Å². The number of hydrogen-bond acceptors (Lipinski definition) is 5. The predicted octanol–water partition coefficient (Wildman–Crippen LogP) is 3.34. The van der Waals surface area contributed by atoms with Gasteiger partial charge in [-0.05, 0) is 37.6 Å². The molecule has 1 saturated heterocycles. The van der Waals surface area contributed by atoms with Gasteiger partial charge in [-0.1, -0.05) is 43.6 Å². The number of rotatable bonds is 6. The van der Waals surface area contributed by atoms with E-state index in [1.807, 2.05) is 38.1 Å². The molecule has 1 N–H and O–H groups in total. The van der Waals surface area contributed by atoms with Gasteiger partial charge in [0, 0.05) is 23.4 Å². The first-order valence-corrected chi connectivity index (χ1v) is 9.46. The second-order valence-corrected chi connectivity index (χ2v) is 7.46. The highest BCUT2D eigenvalue weighted by atomic mass is 35.5. The van der Waals surface area contributed by atoms with Crippen molar-refractivity contribution in [2.45, 2.75) is 45.1 Å². The second kappa shape index (κ2) is 8.64. The molecule has 1 aromatic heterocycles. The molecule has 0 bridgehead atoms. The van der Waals surface area contributed by atoms with Crippen LogP contribution in [-0.2, 0) is 11.3 Å². The average molecular weight is 377 g/mol. The molecule has 1 aliphatic rings. The van der Waals surface area contributed by atoms with Crippen LogP contribution in [0, 0.1) is 0 Å². The van der Waals surface area contributed by atoms with Crippen molar-refractivity contribution in [3.05, 3.63) is 46.6 Å². The van der Waals surface area contributed by atoms with Gasteiger partial charge in [-0.3, -0.25) is 9.69 Å². The zero-order chi connectivity index (χ0) is 18.5. The van der Waals surface area contributed by atoms with Gasteiger partial charge < -0.3 is 9.73 Å². The quantitative estimate of drug-likeness (QED) is 0.837. The van der Waals surface area contributed by atoms with E-state index in [9.17, 15) is 4.79 Å². The summed E-state index contributed by atoms with van der Waals surface area (Å²) >= 11 is 6.11. The molecule has 140 valence electrons. The van der Waals surface area contributed by atoms with Crippen molar-refractivity contribution in [2.24, 2.45) is 0 Å². The van der Waals surface area contributed by atoms with E-state index in [-0.39, 0.29) is 17.7 Å². The Morgan fingerprint density at radius 3 is 2.69 bits per heavy atom. The summed E-state index contributed by atoms with van der Waals surface area (Å²) in [5, 5.41) is 11.9. The molecule has 7 heteroatoms. The molecule has 1 amide bonds. The minimum absolute atomic E-state index is 0.0169. The Morgan fingerprint density at radius 2 is 2.04 bits per heavy atom. The van der Waals surface area contributed by atoms with Crippen LogP contribution in [0.15, 0.2) is 28.7 Å². The van der Waals surface area contributed by atoms with E-state index in [4.69, 9.17) is 16.0 Å². The summed E-state index contributed by atoms with van der Waals surface area (Å²) in [7, 11) is 0. The van der Waals surface area contributed by atoms with Gasteiger partial charge >= 0.3 is 0 Å². The standard InChI is InChI=1S/C19H25ClN4O2/c1-13(2)18-22-23-19(26-18)14-7-9-24(10-8-14)12-17(25)21-11-15-5-3-4-6-16(15)20/h3-6,13-14H,7-12H2,1-2H3,(H,21,25). The molecule has 0 atom stereocenters. The molecule has 6 nitrogen and oxygen atoms in total. The van der Waals surface area contributed by atoms with E-state index in [1.54, 1.807) is 0 Å². The van der Waals surface area contributed by atoms with Crippen molar-refractivity contribution in [1.82, 2.24) is 20.4 Å². The van der Waals surface area contributed by atoms with Crippen LogP contribution < -0.4 is 5.32 Å². The number of carbonyl (C=O) groups excluding carboxylic acids is 1. The van der Waals surface area contributed by atoms with Gasteiger partial charge in [0.15, 0.2) is 0 Å². The number of hydrogen-bond donors (Lipinski definition) is 1. The van der Waals surface area contributed by atoms with Gasteiger partial charge in [-0.25, -0.2) is 0 Å². The second-order valence-electron chi connectivity index (χ2n) is 7.05. The minimum atomic E-state index is 0.0169. The number of aromatic nitrogens is 2. The smallest absolute Gasteiger partial charge is 0.234 e. The zero-order valence-electron chi connectivity index (χ0n) is 15.2. The zero-order valence-corrected chi connectivity index (χ0v) is 16.0. The molecule has 0 aliphatic carbocycles. The van der Waals surface area contributed by atoms with Crippen LogP contribution in [-0.4, -0.2) is 40.6 Å². The first-order chi connectivity index (χ1) is 12.5. The number of halogens is 1. The maximum Gasteiger partial charge on any atom is 0.234 e. The van der Waals surface area contributed by atoms with Crippen LogP contribution in [0.5, 0.6) is 0 Å². The maximum absolute atomic E-state index is 12.2. The van der Waals surface area contributed by atoms with Crippen molar-refractivity contribution in [1.29, 1.82) is 0 Å². The molecule has 2 heterocycles. The number of amides is 1. The Balaban J connectivity index is 1.43. The third-order valence-electron chi connectivity index (χ3n) is 4.69. The fourth-order valence-corrected chi connectivity index (χ4v) is 3.28. The van der Waals surface area contributed by atoms with Gasteiger partial charge in [0.25, 0.3) is 0 Å². The fraction of sp³-hybridized carbons (Fsp3) is 0.526. The van der Waals surface area contributed by atoms with Crippen LogP contribution in [0.25, 0.3) is 0 Å². The molecule has 0 saturated carbocycles. The van der Waals surface area contributed by atoms with Gasteiger partial charge in [0.1, 0.15) is 0 Å². The largest absolute Gasteiger partial charge is 0.425 e. The topological polar surface area (TPSA) is 71.3 Å².